The predicted molar refractivity (Wildman–Crippen MR) is 83.0 cm³/mol. The molecule has 0 saturated carbocycles. The number of hydrogen-bond acceptors (Lipinski definition) is 4. The number of phenolic OH excluding ortho intramolecular Hbond substituents is 1. The molecular weight excluding hydrogens is 282 g/mol. The SMILES string of the molecule is CC(C)C(=O)Nc1ccc(C(=O)Oc2ccccc2)c(O)c1. The highest BCUT2D eigenvalue weighted by atomic mass is 16.5. The van der Waals surface area contributed by atoms with Gasteiger partial charge in [-0.3, -0.25) is 4.79 Å². The summed E-state index contributed by atoms with van der Waals surface area (Å²) < 4.78 is 5.15. The van der Waals surface area contributed by atoms with Gasteiger partial charge in [0.1, 0.15) is 17.1 Å². The Bertz CT molecular complexity index is 680. The molecule has 0 fully saturated rings. The summed E-state index contributed by atoms with van der Waals surface area (Å²) in [5.41, 5.74) is 0.457. The van der Waals surface area contributed by atoms with Crippen molar-refractivity contribution in [3.05, 3.63) is 54.1 Å². The molecule has 2 rings (SSSR count). The average molecular weight is 299 g/mol. The number of carbonyl (C=O) groups excluding carboxylic acids is 2. The molecule has 2 N–H and O–H groups in total. The van der Waals surface area contributed by atoms with Crippen molar-refractivity contribution in [3.63, 3.8) is 0 Å². The number of rotatable bonds is 4. The van der Waals surface area contributed by atoms with E-state index in [2.05, 4.69) is 5.32 Å². The minimum Gasteiger partial charge on any atom is -0.507 e. The van der Waals surface area contributed by atoms with Crippen LogP contribution in [0.3, 0.4) is 0 Å². The van der Waals surface area contributed by atoms with Gasteiger partial charge in [-0.1, -0.05) is 32.0 Å². The van der Waals surface area contributed by atoms with Crippen LogP contribution < -0.4 is 10.1 Å². The van der Waals surface area contributed by atoms with Gasteiger partial charge in [0, 0.05) is 17.7 Å². The molecule has 0 unspecified atom stereocenters. The van der Waals surface area contributed by atoms with Gasteiger partial charge < -0.3 is 15.2 Å². The van der Waals surface area contributed by atoms with Crippen LogP contribution >= 0.6 is 0 Å². The predicted octanol–water partition coefficient (Wildman–Crippen LogP) is 3.21. The van der Waals surface area contributed by atoms with E-state index in [1.54, 1.807) is 50.2 Å². The fourth-order valence-electron chi connectivity index (χ4n) is 1.72. The van der Waals surface area contributed by atoms with Crippen LogP contribution in [0.1, 0.15) is 24.2 Å². The lowest BCUT2D eigenvalue weighted by molar-refractivity contribution is -0.118. The maximum atomic E-state index is 12.0. The first kappa shape index (κ1) is 15.6. The van der Waals surface area contributed by atoms with Gasteiger partial charge in [-0.05, 0) is 24.3 Å². The number of anilines is 1. The average Bonchev–Trinajstić information content (AvgIpc) is 2.48. The van der Waals surface area contributed by atoms with Crippen molar-refractivity contribution in [1.82, 2.24) is 0 Å². The standard InChI is InChI=1S/C17H17NO4/c1-11(2)16(20)18-12-8-9-14(15(19)10-12)17(21)22-13-6-4-3-5-7-13/h3-11,19H,1-2H3,(H,18,20). The number of esters is 1. The smallest absolute Gasteiger partial charge is 0.347 e. The molecule has 0 spiro atoms. The molecule has 0 aliphatic rings. The molecule has 0 saturated heterocycles. The van der Waals surface area contributed by atoms with Crippen molar-refractivity contribution < 1.29 is 19.4 Å². The molecule has 0 aromatic heterocycles. The Balaban J connectivity index is 2.12. The lowest BCUT2D eigenvalue weighted by Crippen LogP contribution is -2.17. The quantitative estimate of drug-likeness (QED) is 0.671. The monoisotopic (exact) mass is 299 g/mol. The first-order valence-corrected chi connectivity index (χ1v) is 6.88. The van der Waals surface area contributed by atoms with Crippen molar-refractivity contribution in [1.29, 1.82) is 0 Å². The molecule has 0 aliphatic heterocycles. The van der Waals surface area contributed by atoms with E-state index in [-0.39, 0.29) is 23.1 Å². The minimum absolute atomic E-state index is 0.0337. The summed E-state index contributed by atoms with van der Waals surface area (Å²) in [7, 11) is 0. The Kier molecular flexibility index (Phi) is 4.78. The first-order valence-electron chi connectivity index (χ1n) is 6.88. The van der Waals surface area contributed by atoms with Crippen molar-refractivity contribution >= 4 is 17.6 Å². The van der Waals surface area contributed by atoms with E-state index in [0.29, 0.717) is 11.4 Å². The molecule has 0 atom stereocenters. The zero-order valence-corrected chi connectivity index (χ0v) is 12.4. The second-order valence-corrected chi connectivity index (χ2v) is 5.08. The lowest BCUT2D eigenvalue weighted by Gasteiger charge is -2.10. The van der Waals surface area contributed by atoms with Crippen LogP contribution in [0.15, 0.2) is 48.5 Å². The molecule has 22 heavy (non-hydrogen) atoms. The van der Waals surface area contributed by atoms with Gasteiger partial charge in [0.05, 0.1) is 0 Å². The molecule has 0 heterocycles. The Hall–Kier alpha value is -2.82. The Morgan fingerprint density at radius 3 is 2.36 bits per heavy atom. The third-order valence-electron chi connectivity index (χ3n) is 2.96. The van der Waals surface area contributed by atoms with E-state index in [4.69, 9.17) is 4.74 Å². The van der Waals surface area contributed by atoms with E-state index in [1.807, 2.05) is 0 Å². The summed E-state index contributed by atoms with van der Waals surface area (Å²) >= 11 is 0. The molecule has 5 nitrogen and oxygen atoms in total. The lowest BCUT2D eigenvalue weighted by atomic mass is 10.1. The third-order valence-corrected chi connectivity index (χ3v) is 2.96. The molecule has 1 amide bonds. The van der Waals surface area contributed by atoms with Crippen LogP contribution in [-0.4, -0.2) is 17.0 Å². The van der Waals surface area contributed by atoms with Crippen molar-refractivity contribution in [3.8, 4) is 11.5 Å². The molecule has 0 radical (unpaired) electrons. The summed E-state index contributed by atoms with van der Waals surface area (Å²) in [4.78, 5) is 23.6. The molecule has 2 aromatic carbocycles. The molecule has 114 valence electrons. The Morgan fingerprint density at radius 2 is 1.77 bits per heavy atom. The highest BCUT2D eigenvalue weighted by Crippen LogP contribution is 2.24. The summed E-state index contributed by atoms with van der Waals surface area (Å²) in [5, 5.41) is 12.6. The van der Waals surface area contributed by atoms with Gasteiger partial charge in [-0.25, -0.2) is 4.79 Å². The zero-order valence-electron chi connectivity index (χ0n) is 12.4. The van der Waals surface area contributed by atoms with Crippen molar-refractivity contribution in [2.24, 2.45) is 5.92 Å². The Morgan fingerprint density at radius 1 is 1.09 bits per heavy atom. The van der Waals surface area contributed by atoms with E-state index in [0.717, 1.165) is 0 Å². The number of carbonyl (C=O) groups is 2. The second-order valence-electron chi connectivity index (χ2n) is 5.08. The largest absolute Gasteiger partial charge is 0.507 e. The number of phenols is 1. The molecular formula is C17H17NO4. The number of nitrogens with one attached hydrogen (secondary N) is 1. The third kappa shape index (κ3) is 3.85. The number of hydrogen-bond donors (Lipinski definition) is 2. The van der Waals surface area contributed by atoms with E-state index < -0.39 is 5.97 Å². The van der Waals surface area contributed by atoms with Crippen LogP contribution in [0, 0.1) is 5.92 Å². The number of para-hydroxylation sites is 1. The van der Waals surface area contributed by atoms with Crippen LogP contribution in [0.4, 0.5) is 5.69 Å². The van der Waals surface area contributed by atoms with Crippen LogP contribution in [-0.2, 0) is 4.79 Å². The number of ether oxygens (including phenoxy) is 1. The first-order chi connectivity index (χ1) is 10.5. The number of benzene rings is 2. The van der Waals surface area contributed by atoms with E-state index in [1.165, 1.54) is 12.1 Å². The zero-order chi connectivity index (χ0) is 16.1. The molecule has 5 heteroatoms. The minimum atomic E-state index is -0.662. The highest BCUT2D eigenvalue weighted by molar-refractivity contribution is 5.96. The molecule has 0 bridgehead atoms. The number of amides is 1. The van der Waals surface area contributed by atoms with Gasteiger partial charge in [-0.15, -0.1) is 0 Å². The Labute approximate surface area is 128 Å². The van der Waals surface area contributed by atoms with E-state index in [9.17, 15) is 14.7 Å². The van der Waals surface area contributed by atoms with Gasteiger partial charge >= 0.3 is 5.97 Å². The maximum Gasteiger partial charge on any atom is 0.347 e. The van der Waals surface area contributed by atoms with Gasteiger partial charge in [-0.2, -0.15) is 0 Å². The second kappa shape index (κ2) is 6.76. The summed E-state index contributed by atoms with van der Waals surface area (Å²) in [6.07, 6.45) is 0. The number of aromatic hydroxyl groups is 1. The topological polar surface area (TPSA) is 75.6 Å². The molecule has 2 aromatic rings. The summed E-state index contributed by atoms with van der Waals surface area (Å²) in [6.45, 7) is 3.53. The van der Waals surface area contributed by atoms with Gasteiger partial charge in [0.15, 0.2) is 0 Å². The van der Waals surface area contributed by atoms with Gasteiger partial charge in [0.25, 0.3) is 0 Å². The highest BCUT2D eigenvalue weighted by Gasteiger charge is 2.15. The fraction of sp³-hybridized carbons (Fsp3) is 0.176. The van der Waals surface area contributed by atoms with E-state index >= 15 is 0 Å². The fourth-order valence-corrected chi connectivity index (χ4v) is 1.72. The molecule has 0 aliphatic carbocycles. The summed E-state index contributed by atoms with van der Waals surface area (Å²) in [6, 6.07) is 12.9. The normalized spacial score (nSPS) is 10.3. The summed E-state index contributed by atoms with van der Waals surface area (Å²) in [5.74, 6) is -0.860. The van der Waals surface area contributed by atoms with Crippen molar-refractivity contribution in [2.75, 3.05) is 5.32 Å². The van der Waals surface area contributed by atoms with Gasteiger partial charge in [0.2, 0.25) is 5.91 Å². The van der Waals surface area contributed by atoms with Crippen molar-refractivity contribution in [2.45, 2.75) is 13.8 Å². The maximum absolute atomic E-state index is 12.0. The van der Waals surface area contributed by atoms with Crippen LogP contribution in [0.5, 0.6) is 11.5 Å². The van der Waals surface area contributed by atoms with Crippen LogP contribution in [0.2, 0.25) is 0 Å². The van der Waals surface area contributed by atoms with Crippen LogP contribution in [0.25, 0.3) is 0 Å².